The molecule has 0 bridgehead atoms. The van der Waals surface area contributed by atoms with Crippen LogP contribution in [0.2, 0.25) is 0 Å². The van der Waals surface area contributed by atoms with E-state index in [-0.39, 0.29) is 6.61 Å². The van der Waals surface area contributed by atoms with Gasteiger partial charge in [-0.05, 0) is 13.8 Å². The number of ether oxygens (including phenoxy) is 2. The van der Waals surface area contributed by atoms with Crippen LogP contribution in [-0.2, 0) is 14.3 Å². The lowest BCUT2D eigenvalue weighted by atomic mass is 10.4. The number of allylic oxidation sites excluding steroid dienone is 1. The Morgan fingerprint density at radius 1 is 1.25 bits per heavy atom. The smallest absolute Gasteiger partial charge is 0.463 e. The van der Waals surface area contributed by atoms with Crippen molar-refractivity contribution in [2.45, 2.75) is 26.1 Å². The zero-order valence-corrected chi connectivity index (χ0v) is 8.40. The van der Waals surface area contributed by atoms with Gasteiger partial charge in [0.25, 0.3) is 0 Å². The minimum absolute atomic E-state index is 0.0295. The van der Waals surface area contributed by atoms with E-state index in [9.17, 15) is 26.7 Å². The Labute approximate surface area is 87.8 Å². The van der Waals surface area contributed by atoms with Crippen molar-refractivity contribution in [1.29, 1.82) is 0 Å². The van der Waals surface area contributed by atoms with Gasteiger partial charge in [0, 0.05) is 0 Å². The third-order valence-corrected chi connectivity index (χ3v) is 1.23. The van der Waals surface area contributed by atoms with Crippen LogP contribution >= 0.6 is 0 Å². The van der Waals surface area contributed by atoms with E-state index in [1.807, 2.05) is 0 Å². The molecule has 94 valence electrons. The monoisotopic (exact) mass is 248 g/mol. The number of rotatable bonds is 4. The van der Waals surface area contributed by atoms with Crippen LogP contribution in [0.15, 0.2) is 11.8 Å². The van der Waals surface area contributed by atoms with Crippen molar-refractivity contribution in [1.82, 2.24) is 0 Å². The van der Waals surface area contributed by atoms with Gasteiger partial charge in [0.2, 0.25) is 0 Å². The summed E-state index contributed by atoms with van der Waals surface area (Å²) in [5.74, 6) is -1.95. The molecule has 0 aliphatic heterocycles. The van der Waals surface area contributed by atoms with E-state index in [1.54, 1.807) is 0 Å². The fourth-order valence-electron chi connectivity index (χ4n) is 0.639. The van der Waals surface area contributed by atoms with Crippen molar-refractivity contribution in [3.63, 3.8) is 0 Å². The van der Waals surface area contributed by atoms with Gasteiger partial charge in [-0.15, -0.1) is 0 Å². The zero-order chi connectivity index (χ0) is 13.0. The maximum atomic E-state index is 12.3. The van der Waals surface area contributed by atoms with E-state index in [1.165, 1.54) is 6.92 Å². The first-order valence-corrected chi connectivity index (χ1v) is 4.08. The molecule has 3 nitrogen and oxygen atoms in total. The maximum absolute atomic E-state index is 12.3. The fraction of sp³-hybridized carbons (Fsp3) is 0.625. The van der Waals surface area contributed by atoms with Gasteiger partial charge in [0.15, 0.2) is 0 Å². The van der Waals surface area contributed by atoms with E-state index in [0.717, 1.165) is 6.92 Å². The van der Waals surface area contributed by atoms with Gasteiger partial charge in [-0.2, -0.15) is 22.0 Å². The zero-order valence-electron chi connectivity index (χ0n) is 8.40. The van der Waals surface area contributed by atoms with Gasteiger partial charge in [-0.1, -0.05) is 0 Å². The highest BCUT2D eigenvalue weighted by molar-refractivity contribution is 5.82. The predicted octanol–water partition coefficient (Wildman–Crippen LogP) is 2.63. The van der Waals surface area contributed by atoms with E-state index in [4.69, 9.17) is 0 Å². The minimum atomic E-state index is -5.84. The topological polar surface area (TPSA) is 35.5 Å². The summed E-state index contributed by atoms with van der Waals surface area (Å²) in [5.41, 5.74) is 0. The molecule has 0 aromatic rings. The fourth-order valence-corrected chi connectivity index (χ4v) is 0.639. The molecule has 0 saturated heterocycles. The van der Waals surface area contributed by atoms with Crippen molar-refractivity contribution in [3.8, 4) is 0 Å². The van der Waals surface area contributed by atoms with E-state index in [2.05, 4.69) is 9.47 Å². The van der Waals surface area contributed by atoms with E-state index < -0.39 is 24.0 Å². The molecule has 0 saturated carbocycles. The summed E-state index contributed by atoms with van der Waals surface area (Å²) in [6.07, 6.45) is -10.8. The molecule has 0 heterocycles. The lowest BCUT2D eigenvalue weighted by Crippen LogP contribution is -2.38. The third kappa shape index (κ3) is 4.45. The third-order valence-electron chi connectivity index (χ3n) is 1.23. The minimum Gasteiger partial charge on any atom is -0.463 e. The first kappa shape index (κ1) is 14.7. The number of carbonyl (C=O) groups excluding carboxylic acids is 1. The molecule has 0 aromatic heterocycles. The molecule has 0 rings (SSSR count). The number of hydrogen-bond acceptors (Lipinski definition) is 3. The summed E-state index contributed by atoms with van der Waals surface area (Å²) in [6.45, 7) is 2.21. The Kier molecular flexibility index (Phi) is 4.70. The average Bonchev–Trinajstić information content (AvgIpc) is 1.99. The second kappa shape index (κ2) is 5.13. The number of carbonyl (C=O) groups is 1. The molecule has 16 heavy (non-hydrogen) atoms. The molecule has 0 unspecified atom stereocenters. The first-order chi connectivity index (χ1) is 7.10. The summed E-state index contributed by atoms with van der Waals surface area (Å²) >= 11 is 0. The standard InChI is InChI=1S/C8H9F5O3/c1-3-15-6(14)4-5(2)16-8(12,13)7(9,10)11/h4H,3H2,1-2H3. The lowest BCUT2D eigenvalue weighted by Gasteiger charge is -2.20. The molecule has 0 spiro atoms. The Hall–Kier alpha value is -1.34. The molecule has 0 amide bonds. The predicted molar refractivity (Wildman–Crippen MR) is 42.5 cm³/mol. The summed E-state index contributed by atoms with van der Waals surface area (Å²) in [4.78, 5) is 10.7. The SMILES string of the molecule is CCOC(=O)C=C(C)OC(F)(F)C(F)(F)F. The van der Waals surface area contributed by atoms with Crippen molar-refractivity contribution < 1.29 is 36.2 Å². The highest BCUT2D eigenvalue weighted by Crippen LogP contribution is 2.37. The van der Waals surface area contributed by atoms with Crippen LogP contribution in [-0.4, -0.2) is 24.9 Å². The summed E-state index contributed by atoms with van der Waals surface area (Å²) in [5, 5.41) is 0. The van der Waals surface area contributed by atoms with Gasteiger partial charge >= 0.3 is 18.3 Å². The van der Waals surface area contributed by atoms with Crippen molar-refractivity contribution >= 4 is 5.97 Å². The second-order valence-corrected chi connectivity index (χ2v) is 2.62. The molecular formula is C8H9F5O3. The van der Waals surface area contributed by atoms with Crippen molar-refractivity contribution in [2.75, 3.05) is 6.61 Å². The van der Waals surface area contributed by atoms with Crippen LogP contribution in [0.4, 0.5) is 22.0 Å². The summed E-state index contributed by atoms with van der Waals surface area (Å²) < 4.78 is 67.1. The number of alkyl halides is 5. The molecule has 0 fully saturated rings. The second-order valence-electron chi connectivity index (χ2n) is 2.62. The highest BCUT2D eigenvalue weighted by atomic mass is 19.4. The normalized spacial score (nSPS) is 13.6. The molecule has 0 radical (unpaired) electrons. The Morgan fingerprint density at radius 2 is 1.75 bits per heavy atom. The molecular weight excluding hydrogens is 239 g/mol. The molecule has 0 aliphatic rings. The van der Waals surface area contributed by atoms with Gasteiger partial charge < -0.3 is 9.47 Å². The number of halogens is 5. The summed E-state index contributed by atoms with van der Waals surface area (Å²) in [6, 6.07) is 0. The van der Waals surface area contributed by atoms with E-state index in [0.29, 0.717) is 6.08 Å². The van der Waals surface area contributed by atoms with E-state index >= 15 is 0 Å². The van der Waals surface area contributed by atoms with Gasteiger partial charge in [0.05, 0.1) is 12.7 Å². The largest absolute Gasteiger partial charge is 0.498 e. The number of esters is 1. The molecule has 0 N–H and O–H groups in total. The first-order valence-electron chi connectivity index (χ1n) is 4.08. The Bertz CT molecular complexity index is 282. The van der Waals surface area contributed by atoms with Gasteiger partial charge in [-0.3, -0.25) is 0 Å². The van der Waals surface area contributed by atoms with Crippen molar-refractivity contribution in [3.05, 3.63) is 11.8 Å². The van der Waals surface area contributed by atoms with Crippen LogP contribution in [0.3, 0.4) is 0 Å². The Morgan fingerprint density at radius 3 is 2.12 bits per heavy atom. The number of hydrogen-bond donors (Lipinski definition) is 0. The van der Waals surface area contributed by atoms with Crippen LogP contribution in [0.5, 0.6) is 0 Å². The van der Waals surface area contributed by atoms with Crippen LogP contribution in [0.1, 0.15) is 13.8 Å². The van der Waals surface area contributed by atoms with Gasteiger partial charge in [0.1, 0.15) is 5.76 Å². The lowest BCUT2D eigenvalue weighted by molar-refractivity contribution is -0.379. The van der Waals surface area contributed by atoms with Crippen LogP contribution < -0.4 is 0 Å². The van der Waals surface area contributed by atoms with Crippen LogP contribution in [0.25, 0.3) is 0 Å². The average molecular weight is 248 g/mol. The highest BCUT2D eigenvalue weighted by Gasteiger charge is 2.61. The quantitative estimate of drug-likeness (QED) is 0.332. The van der Waals surface area contributed by atoms with Crippen LogP contribution in [0, 0.1) is 0 Å². The molecule has 0 aliphatic carbocycles. The Balaban J connectivity index is 4.56. The molecule has 0 atom stereocenters. The molecule has 8 heteroatoms. The van der Waals surface area contributed by atoms with Crippen molar-refractivity contribution in [2.24, 2.45) is 0 Å². The van der Waals surface area contributed by atoms with Gasteiger partial charge in [-0.25, -0.2) is 4.79 Å². The molecule has 0 aromatic carbocycles. The maximum Gasteiger partial charge on any atom is 0.498 e. The summed E-state index contributed by atoms with van der Waals surface area (Å²) in [7, 11) is 0.